The molecule has 0 saturated heterocycles. The molecular weight excluding hydrogens is 1330 g/mol. The number of carbonyl (C=O) groups excluding carboxylic acids is 4. The highest BCUT2D eigenvalue weighted by Gasteiger charge is 2.30. The normalized spacial score (nSPS) is 14.3. The number of esters is 4. The number of hydrogen-bond donors (Lipinski definition) is 3. The Kier molecular flexibility index (Phi) is 70.6. The summed E-state index contributed by atoms with van der Waals surface area (Å²) in [6.45, 7) is 14.2. The van der Waals surface area contributed by atoms with Gasteiger partial charge in [0, 0.05) is 25.7 Å². The summed E-state index contributed by atoms with van der Waals surface area (Å²) < 4.78 is 68.7. The highest BCUT2D eigenvalue weighted by Crippen LogP contribution is 2.45. The van der Waals surface area contributed by atoms with Gasteiger partial charge in [0.25, 0.3) is 0 Å². The van der Waals surface area contributed by atoms with Crippen LogP contribution in [0.1, 0.15) is 428 Å². The number of aliphatic hydroxyl groups excluding tert-OH is 1. The fourth-order valence-electron chi connectivity index (χ4n) is 12.8. The summed E-state index contributed by atoms with van der Waals surface area (Å²) in [7, 11) is -9.92. The van der Waals surface area contributed by atoms with Gasteiger partial charge >= 0.3 is 39.5 Å². The van der Waals surface area contributed by atoms with Crippen LogP contribution in [0.3, 0.4) is 0 Å². The molecule has 0 aromatic rings. The highest BCUT2D eigenvalue weighted by atomic mass is 31.2. The zero-order valence-electron chi connectivity index (χ0n) is 67.2. The molecule has 102 heavy (non-hydrogen) atoms. The summed E-state index contributed by atoms with van der Waals surface area (Å²) in [5.74, 6) is 0.989. The second-order valence-corrected chi connectivity index (χ2v) is 34.4. The van der Waals surface area contributed by atoms with E-state index >= 15 is 0 Å². The first-order valence-electron chi connectivity index (χ1n) is 42.7. The lowest BCUT2D eigenvalue weighted by Crippen LogP contribution is -2.30. The minimum absolute atomic E-state index is 0.103. The molecule has 0 aliphatic rings. The van der Waals surface area contributed by atoms with Crippen LogP contribution < -0.4 is 0 Å². The smallest absolute Gasteiger partial charge is 0.462 e. The van der Waals surface area contributed by atoms with Gasteiger partial charge in [-0.15, -0.1) is 0 Å². The van der Waals surface area contributed by atoms with E-state index in [1.54, 1.807) is 0 Å². The van der Waals surface area contributed by atoms with Crippen LogP contribution in [-0.2, 0) is 65.4 Å². The van der Waals surface area contributed by atoms with Crippen LogP contribution in [0, 0.1) is 23.7 Å². The van der Waals surface area contributed by atoms with Gasteiger partial charge in [-0.1, -0.05) is 376 Å². The lowest BCUT2D eigenvalue weighted by atomic mass is 9.99. The third-order valence-electron chi connectivity index (χ3n) is 19.7. The average Bonchev–Trinajstić information content (AvgIpc) is 0.934. The number of ether oxygens (including phenoxy) is 4. The van der Waals surface area contributed by atoms with E-state index in [0.29, 0.717) is 31.6 Å². The Labute approximate surface area is 626 Å². The van der Waals surface area contributed by atoms with Gasteiger partial charge in [0.2, 0.25) is 0 Å². The number of rotatable bonds is 80. The largest absolute Gasteiger partial charge is 0.472 e. The van der Waals surface area contributed by atoms with Crippen LogP contribution in [0.4, 0.5) is 0 Å². The monoisotopic (exact) mass is 1490 g/mol. The van der Waals surface area contributed by atoms with E-state index in [1.807, 2.05) is 0 Å². The number of hydrogen-bond acceptors (Lipinski definition) is 15. The lowest BCUT2D eigenvalue weighted by molar-refractivity contribution is -0.161. The first-order chi connectivity index (χ1) is 49.1. The third-order valence-corrected chi connectivity index (χ3v) is 21.6. The molecule has 17 nitrogen and oxygen atoms in total. The summed E-state index contributed by atoms with van der Waals surface area (Å²) >= 11 is 0. The summed E-state index contributed by atoms with van der Waals surface area (Å²) in [5.41, 5.74) is 0. The first kappa shape index (κ1) is 100. The van der Waals surface area contributed by atoms with Crippen molar-refractivity contribution >= 4 is 39.5 Å². The molecule has 0 heterocycles. The van der Waals surface area contributed by atoms with Crippen molar-refractivity contribution in [3.8, 4) is 0 Å². The lowest BCUT2D eigenvalue weighted by Gasteiger charge is -2.21. The van der Waals surface area contributed by atoms with E-state index in [4.69, 9.17) is 37.0 Å². The number of carbonyl (C=O) groups is 4. The summed E-state index contributed by atoms with van der Waals surface area (Å²) in [5, 5.41) is 10.6. The van der Waals surface area contributed by atoms with E-state index in [9.17, 15) is 43.2 Å². The molecule has 3 N–H and O–H groups in total. The second-order valence-electron chi connectivity index (χ2n) is 31.5. The molecule has 0 amide bonds. The summed E-state index contributed by atoms with van der Waals surface area (Å²) in [6.07, 6.45) is 60.0. The standard InChI is InChI=1S/C83H162O17P2/c1-9-76(8)62-54-46-38-29-25-21-17-12-10-11-13-18-22-26-30-39-47-55-63-80(85)93-69-78(99-82(87)65-57-49-41-31-27-23-19-15-14-16-20-24-28-35-43-51-59-73(2)3)71-97-101(89,90)95-67-77(84)68-96-102(91,92)98-72-79(100-83(88)66-58-50-42-34-37-45-53-61-75(6)7)70-94-81(86)64-56-48-40-33-32-36-44-52-60-74(4)5/h73-79,84H,9-72H2,1-8H3,(H,89,90)(H,91,92)/t76?,77?,78-,79-/m1/s1. The summed E-state index contributed by atoms with van der Waals surface area (Å²) in [6, 6.07) is 0. The minimum atomic E-state index is -4.96. The second kappa shape index (κ2) is 72.0. The van der Waals surface area contributed by atoms with Gasteiger partial charge in [-0.05, 0) is 49.4 Å². The van der Waals surface area contributed by atoms with E-state index in [-0.39, 0.29) is 25.7 Å². The number of unbranched alkanes of at least 4 members (excludes halogenated alkanes) is 45. The van der Waals surface area contributed by atoms with Crippen LogP contribution in [0.15, 0.2) is 0 Å². The fraction of sp³-hybridized carbons (Fsp3) is 0.952. The molecule has 0 aromatic heterocycles. The molecule has 0 aliphatic carbocycles. The number of phosphoric ester groups is 2. The highest BCUT2D eigenvalue weighted by molar-refractivity contribution is 7.47. The van der Waals surface area contributed by atoms with Gasteiger partial charge in [-0.3, -0.25) is 37.3 Å². The maximum Gasteiger partial charge on any atom is 0.472 e. The topological polar surface area (TPSA) is 237 Å². The molecule has 0 radical (unpaired) electrons. The number of phosphoric acid groups is 2. The molecule has 0 spiro atoms. The molecule has 0 aromatic carbocycles. The molecular formula is C83H162O17P2. The van der Waals surface area contributed by atoms with Crippen LogP contribution >= 0.6 is 15.6 Å². The Balaban J connectivity index is 5.19. The van der Waals surface area contributed by atoms with Crippen LogP contribution in [0.5, 0.6) is 0 Å². The van der Waals surface area contributed by atoms with Gasteiger partial charge in [0.1, 0.15) is 19.3 Å². The Morgan fingerprint density at radius 3 is 0.696 bits per heavy atom. The van der Waals surface area contributed by atoms with Gasteiger partial charge in [-0.25, -0.2) is 9.13 Å². The maximum absolute atomic E-state index is 13.1. The van der Waals surface area contributed by atoms with Crippen molar-refractivity contribution in [1.82, 2.24) is 0 Å². The van der Waals surface area contributed by atoms with E-state index < -0.39 is 97.5 Å². The van der Waals surface area contributed by atoms with Crippen molar-refractivity contribution in [2.45, 2.75) is 446 Å². The van der Waals surface area contributed by atoms with E-state index in [2.05, 4.69) is 55.4 Å². The Bertz CT molecular complexity index is 1990. The predicted octanol–water partition coefficient (Wildman–Crippen LogP) is 24.8. The van der Waals surface area contributed by atoms with Gasteiger partial charge < -0.3 is 33.8 Å². The zero-order valence-corrected chi connectivity index (χ0v) is 69.0. The van der Waals surface area contributed by atoms with Crippen molar-refractivity contribution in [2.24, 2.45) is 23.7 Å². The molecule has 0 saturated carbocycles. The Morgan fingerprint density at radius 2 is 0.471 bits per heavy atom. The quantitative estimate of drug-likeness (QED) is 0.0222. The maximum atomic E-state index is 13.1. The SMILES string of the molecule is CCC(C)CCCCCCCCCCCCCCCCCCCCC(=O)OC[C@H](COP(=O)(O)OCC(O)COP(=O)(O)OC[C@@H](COC(=O)CCCCCCCCCCC(C)C)OC(=O)CCCCCCCCCC(C)C)OC(=O)CCCCCCCCCCCCCCCCCCC(C)C. The molecule has 4 unspecified atom stereocenters. The van der Waals surface area contributed by atoms with Crippen molar-refractivity contribution in [3.05, 3.63) is 0 Å². The first-order valence-corrected chi connectivity index (χ1v) is 45.7. The van der Waals surface area contributed by atoms with Crippen LogP contribution in [0.25, 0.3) is 0 Å². The van der Waals surface area contributed by atoms with Crippen molar-refractivity contribution < 1.29 is 80.2 Å². The van der Waals surface area contributed by atoms with Crippen molar-refractivity contribution in [3.63, 3.8) is 0 Å². The van der Waals surface area contributed by atoms with E-state index in [1.165, 1.54) is 231 Å². The molecule has 6 atom stereocenters. The molecule has 0 aliphatic heterocycles. The fourth-order valence-corrected chi connectivity index (χ4v) is 14.3. The van der Waals surface area contributed by atoms with E-state index in [0.717, 1.165) is 108 Å². The Morgan fingerprint density at radius 1 is 0.275 bits per heavy atom. The van der Waals surface area contributed by atoms with Gasteiger partial charge in [-0.2, -0.15) is 0 Å². The third kappa shape index (κ3) is 74.9. The molecule has 0 fully saturated rings. The molecule has 19 heteroatoms. The van der Waals surface area contributed by atoms with Crippen LogP contribution in [-0.4, -0.2) is 96.7 Å². The average molecular weight is 1490 g/mol. The predicted molar refractivity (Wildman–Crippen MR) is 418 cm³/mol. The summed E-state index contributed by atoms with van der Waals surface area (Å²) in [4.78, 5) is 73.0. The molecule has 0 bridgehead atoms. The number of aliphatic hydroxyl groups is 1. The van der Waals surface area contributed by atoms with Gasteiger partial charge in [0.15, 0.2) is 12.2 Å². The van der Waals surface area contributed by atoms with Gasteiger partial charge in [0.05, 0.1) is 26.4 Å². The minimum Gasteiger partial charge on any atom is -0.462 e. The zero-order chi connectivity index (χ0) is 75.3. The van der Waals surface area contributed by atoms with Crippen LogP contribution in [0.2, 0.25) is 0 Å². The molecule has 606 valence electrons. The Hall–Kier alpha value is -1.94. The van der Waals surface area contributed by atoms with Crippen molar-refractivity contribution in [2.75, 3.05) is 39.6 Å². The van der Waals surface area contributed by atoms with Crippen molar-refractivity contribution in [1.29, 1.82) is 0 Å². The molecule has 0 rings (SSSR count).